The highest BCUT2D eigenvalue weighted by molar-refractivity contribution is 5.81. The lowest BCUT2D eigenvalue weighted by Crippen LogP contribution is -2.44. The van der Waals surface area contributed by atoms with E-state index in [2.05, 4.69) is 15.1 Å². The smallest absolute Gasteiger partial charge is 0.395 e. The van der Waals surface area contributed by atoms with Gasteiger partial charge in [0.25, 0.3) is 0 Å². The molecule has 7 nitrogen and oxygen atoms in total. The maximum atomic E-state index is 13.4. The first kappa shape index (κ1) is 18.2. The Bertz CT molecular complexity index is 1010. The molecule has 0 spiro atoms. The van der Waals surface area contributed by atoms with E-state index in [0.717, 1.165) is 6.20 Å². The summed E-state index contributed by atoms with van der Waals surface area (Å²) in [5, 5.41) is 14.5. The maximum absolute atomic E-state index is 13.4. The first-order valence-electron chi connectivity index (χ1n) is 8.53. The molecule has 0 amide bonds. The highest BCUT2D eigenvalue weighted by Gasteiger charge is 2.62. The van der Waals surface area contributed by atoms with Crippen LogP contribution in [0.15, 0.2) is 43.0 Å². The summed E-state index contributed by atoms with van der Waals surface area (Å²) in [7, 11) is 0. The summed E-state index contributed by atoms with van der Waals surface area (Å²) in [6, 6.07) is 4.30. The van der Waals surface area contributed by atoms with Gasteiger partial charge in [-0.1, -0.05) is 6.07 Å². The van der Waals surface area contributed by atoms with Crippen molar-refractivity contribution in [2.75, 3.05) is 11.5 Å². The lowest BCUT2D eigenvalue weighted by Gasteiger charge is -2.30. The van der Waals surface area contributed by atoms with Gasteiger partial charge in [-0.3, -0.25) is 0 Å². The third-order valence-corrected chi connectivity index (χ3v) is 4.94. The number of hydrogen-bond donors (Lipinski definition) is 3. The van der Waals surface area contributed by atoms with E-state index in [4.69, 9.17) is 11.5 Å². The zero-order valence-corrected chi connectivity index (χ0v) is 14.6. The topological polar surface area (TPSA) is 116 Å². The molecule has 3 aromatic rings. The maximum Gasteiger partial charge on any atom is 0.421 e. The molecule has 1 saturated carbocycles. The van der Waals surface area contributed by atoms with Gasteiger partial charge in [0.2, 0.25) is 0 Å². The molecule has 1 aliphatic rings. The highest BCUT2D eigenvalue weighted by atomic mass is 19.4. The van der Waals surface area contributed by atoms with Crippen LogP contribution in [0.2, 0.25) is 0 Å². The Morgan fingerprint density at radius 1 is 1.07 bits per heavy atom. The number of hydrogen-bond acceptors (Lipinski definition) is 6. The molecule has 5 N–H and O–H groups in total. The number of halogens is 3. The summed E-state index contributed by atoms with van der Waals surface area (Å²) in [6.45, 7) is 0. The molecular formula is C18H17F3N6O. The summed E-state index contributed by atoms with van der Waals surface area (Å²) < 4.78 is 41.7. The molecule has 0 bridgehead atoms. The van der Waals surface area contributed by atoms with Crippen molar-refractivity contribution in [1.82, 2.24) is 19.7 Å². The van der Waals surface area contributed by atoms with Crippen molar-refractivity contribution in [2.45, 2.75) is 24.6 Å². The average molecular weight is 390 g/mol. The molecule has 1 aliphatic carbocycles. The number of aliphatic hydroxyl groups is 1. The second-order valence-corrected chi connectivity index (χ2v) is 6.77. The average Bonchev–Trinajstić information content (AvgIpc) is 3.40. The summed E-state index contributed by atoms with van der Waals surface area (Å²) in [5.74, 6) is -0.341. The van der Waals surface area contributed by atoms with Crippen molar-refractivity contribution in [1.29, 1.82) is 0 Å². The molecule has 0 aliphatic heterocycles. The fourth-order valence-electron chi connectivity index (χ4n) is 3.21. The lowest BCUT2D eigenvalue weighted by atomic mass is 9.89. The van der Waals surface area contributed by atoms with Crippen LogP contribution in [0, 0.1) is 5.92 Å². The van der Waals surface area contributed by atoms with Gasteiger partial charge < -0.3 is 16.6 Å². The first-order chi connectivity index (χ1) is 13.2. The Labute approximate surface area is 157 Å². The third-order valence-electron chi connectivity index (χ3n) is 4.94. The van der Waals surface area contributed by atoms with Crippen LogP contribution in [-0.4, -0.2) is 31.0 Å². The number of alkyl halides is 3. The van der Waals surface area contributed by atoms with Crippen molar-refractivity contribution < 1.29 is 18.3 Å². The third kappa shape index (κ3) is 2.85. The number of pyridine rings is 2. The van der Waals surface area contributed by atoms with Gasteiger partial charge in [0.1, 0.15) is 5.82 Å². The van der Waals surface area contributed by atoms with E-state index in [1.165, 1.54) is 29.2 Å². The normalized spacial score (nSPS) is 16.7. The lowest BCUT2D eigenvalue weighted by molar-refractivity contribution is -0.275. The number of rotatable bonds is 4. The molecule has 146 valence electrons. The molecule has 3 heterocycles. The molecule has 4 rings (SSSR count). The number of nitrogens with zero attached hydrogens (tertiary/aromatic N) is 4. The molecule has 0 saturated heterocycles. The molecule has 0 aromatic carbocycles. The minimum Gasteiger partial charge on any atom is -0.395 e. The highest BCUT2D eigenvalue weighted by Crippen LogP contribution is 2.54. The van der Waals surface area contributed by atoms with Gasteiger partial charge in [-0.2, -0.15) is 18.3 Å². The monoisotopic (exact) mass is 390 g/mol. The summed E-state index contributed by atoms with van der Waals surface area (Å²) in [5.41, 5.74) is 10.1. The van der Waals surface area contributed by atoms with Gasteiger partial charge in [0, 0.05) is 41.2 Å². The fraction of sp³-hybridized carbons (Fsp3) is 0.278. The Morgan fingerprint density at radius 3 is 2.43 bits per heavy atom. The Kier molecular flexibility index (Phi) is 4.03. The number of nitrogens with two attached hydrogens (primary N) is 2. The van der Waals surface area contributed by atoms with Gasteiger partial charge in [-0.15, -0.1) is 0 Å². The van der Waals surface area contributed by atoms with Gasteiger partial charge in [0.15, 0.2) is 11.4 Å². The zero-order chi connectivity index (χ0) is 20.1. The Hall–Kier alpha value is -3.14. The van der Waals surface area contributed by atoms with E-state index in [0.29, 0.717) is 35.5 Å². The van der Waals surface area contributed by atoms with Gasteiger partial charge >= 0.3 is 6.18 Å². The van der Waals surface area contributed by atoms with Gasteiger partial charge in [-0.25, -0.2) is 14.6 Å². The summed E-state index contributed by atoms with van der Waals surface area (Å²) >= 11 is 0. The van der Waals surface area contributed by atoms with Crippen molar-refractivity contribution in [3.05, 3.63) is 48.5 Å². The molecule has 1 atom stereocenters. The molecule has 10 heteroatoms. The summed E-state index contributed by atoms with van der Waals surface area (Å²) in [4.78, 5) is 7.96. The van der Waals surface area contributed by atoms with E-state index in [1.54, 1.807) is 12.3 Å². The molecule has 3 aromatic heterocycles. The molecule has 28 heavy (non-hydrogen) atoms. The number of aromatic nitrogens is 4. The SMILES string of the molecule is Nc1nccc(-c2cnn(-c3ccc(C(O)(C4CC4)C(F)(F)F)cn3)c2)c1N. The van der Waals surface area contributed by atoms with E-state index >= 15 is 0 Å². The first-order valence-corrected chi connectivity index (χ1v) is 8.53. The minimum absolute atomic E-state index is 0.194. The number of anilines is 2. The van der Waals surface area contributed by atoms with E-state index in [-0.39, 0.29) is 11.4 Å². The van der Waals surface area contributed by atoms with E-state index < -0.39 is 17.7 Å². The Balaban J connectivity index is 1.65. The van der Waals surface area contributed by atoms with E-state index in [1.807, 2.05) is 0 Å². The largest absolute Gasteiger partial charge is 0.421 e. The van der Waals surface area contributed by atoms with Crippen molar-refractivity contribution in [3.63, 3.8) is 0 Å². The standard InChI is InChI=1S/C18H17F3N6O/c19-18(20,21)17(28,11-1-2-11)12-3-4-14(25-8-12)27-9-10(7-26-27)13-5-6-24-16(23)15(13)22/h3-9,11,28H,1-2,22H2,(H2,23,24). The van der Waals surface area contributed by atoms with Crippen LogP contribution in [-0.2, 0) is 5.60 Å². The van der Waals surface area contributed by atoms with Crippen molar-refractivity contribution in [3.8, 4) is 16.9 Å². The zero-order valence-electron chi connectivity index (χ0n) is 14.6. The minimum atomic E-state index is -4.77. The fourth-order valence-corrected chi connectivity index (χ4v) is 3.21. The number of nitrogen functional groups attached to an aromatic ring is 2. The van der Waals surface area contributed by atoms with Crippen LogP contribution in [0.3, 0.4) is 0 Å². The predicted octanol–water partition coefficient (Wildman–Crippen LogP) is 2.65. The quantitative estimate of drug-likeness (QED) is 0.631. The van der Waals surface area contributed by atoms with Crippen LogP contribution in [0.1, 0.15) is 18.4 Å². The molecular weight excluding hydrogens is 373 g/mol. The van der Waals surface area contributed by atoms with Crippen LogP contribution in [0.4, 0.5) is 24.7 Å². The van der Waals surface area contributed by atoms with Crippen LogP contribution < -0.4 is 11.5 Å². The van der Waals surface area contributed by atoms with Crippen molar-refractivity contribution >= 4 is 11.5 Å². The molecule has 1 unspecified atom stereocenters. The van der Waals surface area contributed by atoms with Crippen LogP contribution >= 0.6 is 0 Å². The second kappa shape index (κ2) is 6.20. The second-order valence-electron chi connectivity index (χ2n) is 6.77. The van der Waals surface area contributed by atoms with E-state index in [9.17, 15) is 18.3 Å². The molecule has 0 radical (unpaired) electrons. The van der Waals surface area contributed by atoms with Gasteiger partial charge in [-0.05, 0) is 25.0 Å². The predicted molar refractivity (Wildman–Crippen MR) is 96.1 cm³/mol. The van der Waals surface area contributed by atoms with Crippen LogP contribution in [0.25, 0.3) is 16.9 Å². The van der Waals surface area contributed by atoms with Crippen molar-refractivity contribution in [2.24, 2.45) is 5.92 Å². The van der Waals surface area contributed by atoms with Gasteiger partial charge in [0.05, 0.1) is 11.9 Å². The summed E-state index contributed by atoms with van der Waals surface area (Å²) in [6.07, 6.45) is 1.62. The Morgan fingerprint density at radius 2 is 1.82 bits per heavy atom. The van der Waals surface area contributed by atoms with Crippen LogP contribution in [0.5, 0.6) is 0 Å². The molecule has 1 fully saturated rings.